The highest BCUT2D eigenvalue weighted by molar-refractivity contribution is 6.07. The van der Waals surface area contributed by atoms with E-state index in [9.17, 15) is 9.50 Å². The Morgan fingerprint density at radius 1 is 1.02 bits per heavy atom. The van der Waals surface area contributed by atoms with E-state index < -0.39 is 29.1 Å². The highest BCUT2D eigenvalue weighted by atomic mass is 19.1. The van der Waals surface area contributed by atoms with Gasteiger partial charge in [0, 0.05) is 43.7 Å². The molecule has 6 rings (SSSR count). The van der Waals surface area contributed by atoms with Crippen LogP contribution < -0.4 is 0 Å². The van der Waals surface area contributed by atoms with Crippen molar-refractivity contribution in [1.82, 2.24) is 24.5 Å². The number of nitrogens with zero attached hydrogens (tertiary/aromatic N) is 5. The first-order chi connectivity index (χ1) is 19.0. The number of ether oxygens (including phenoxy) is 1. The van der Waals surface area contributed by atoms with Crippen molar-refractivity contribution in [3.8, 4) is 11.3 Å². The molecule has 3 aromatic heterocycles. The van der Waals surface area contributed by atoms with Crippen LogP contribution in [0.3, 0.4) is 0 Å². The third-order valence-electron chi connectivity index (χ3n) is 7.94. The standard InChI is InChI=1S/C30H30F3N5O2/c1-16-28(37(4)36-35-16)18-11-25-27(34-15-18)26-23(33)12-19(30(2,3)39)13-24(26)38(25)29(17-7-9-40-10-8-17)21-6-5-20(31)14-22(21)32/h5-6,11-15,17,29,39H,7-10H2,1-4H3/t29-/m0/s1. The molecule has 0 amide bonds. The second-order valence-corrected chi connectivity index (χ2v) is 11.1. The summed E-state index contributed by atoms with van der Waals surface area (Å²) >= 11 is 0. The van der Waals surface area contributed by atoms with Gasteiger partial charge in [0.25, 0.3) is 0 Å². The summed E-state index contributed by atoms with van der Waals surface area (Å²) in [6.45, 7) is 6.01. The molecule has 0 unspecified atom stereocenters. The number of hydrogen-bond acceptors (Lipinski definition) is 5. The zero-order valence-electron chi connectivity index (χ0n) is 22.8. The molecule has 1 atom stereocenters. The average molecular weight is 550 g/mol. The minimum atomic E-state index is -1.33. The average Bonchev–Trinajstić information content (AvgIpc) is 3.41. The van der Waals surface area contributed by atoms with Crippen LogP contribution in [0.25, 0.3) is 33.2 Å². The molecule has 4 heterocycles. The lowest BCUT2D eigenvalue weighted by Crippen LogP contribution is -2.27. The summed E-state index contributed by atoms with van der Waals surface area (Å²) in [6, 6.07) is 7.92. The van der Waals surface area contributed by atoms with Gasteiger partial charge in [-0.2, -0.15) is 0 Å². The smallest absolute Gasteiger partial charge is 0.135 e. The van der Waals surface area contributed by atoms with Crippen LogP contribution in [0.5, 0.6) is 0 Å². The Morgan fingerprint density at radius 3 is 2.42 bits per heavy atom. The van der Waals surface area contributed by atoms with Crippen molar-refractivity contribution in [1.29, 1.82) is 0 Å². The number of fused-ring (bicyclic) bond motifs is 3. The molecule has 208 valence electrons. The van der Waals surface area contributed by atoms with Crippen LogP contribution in [0.2, 0.25) is 0 Å². The normalized spacial score (nSPS) is 15.8. The number of halogens is 3. The third kappa shape index (κ3) is 4.35. The van der Waals surface area contributed by atoms with Crippen molar-refractivity contribution in [2.75, 3.05) is 13.2 Å². The van der Waals surface area contributed by atoms with E-state index in [1.54, 1.807) is 37.8 Å². The van der Waals surface area contributed by atoms with Gasteiger partial charge in [-0.15, -0.1) is 5.10 Å². The number of pyridine rings is 1. The fraction of sp³-hybridized carbons (Fsp3) is 0.367. The predicted octanol–water partition coefficient (Wildman–Crippen LogP) is 5.95. The van der Waals surface area contributed by atoms with Gasteiger partial charge < -0.3 is 14.4 Å². The Labute approximate surface area is 229 Å². The number of hydrogen-bond donors (Lipinski definition) is 1. The molecule has 1 aliphatic rings. The Morgan fingerprint density at radius 2 is 1.77 bits per heavy atom. The Hall–Kier alpha value is -3.76. The summed E-state index contributed by atoms with van der Waals surface area (Å²) in [5.74, 6) is -1.98. The van der Waals surface area contributed by atoms with Gasteiger partial charge in [0.05, 0.1) is 45.0 Å². The van der Waals surface area contributed by atoms with E-state index in [-0.39, 0.29) is 11.3 Å². The van der Waals surface area contributed by atoms with E-state index in [2.05, 4.69) is 10.3 Å². The van der Waals surface area contributed by atoms with Crippen molar-refractivity contribution >= 4 is 21.9 Å². The van der Waals surface area contributed by atoms with Crippen molar-refractivity contribution in [3.05, 3.63) is 76.9 Å². The molecule has 40 heavy (non-hydrogen) atoms. The maximum atomic E-state index is 15.9. The molecule has 1 saturated heterocycles. The molecule has 0 bridgehead atoms. The minimum Gasteiger partial charge on any atom is -0.386 e. The van der Waals surface area contributed by atoms with Gasteiger partial charge in [-0.1, -0.05) is 11.3 Å². The van der Waals surface area contributed by atoms with Gasteiger partial charge in [-0.3, -0.25) is 4.98 Å². The Kier molecular flexibility index (Phi) is 6.42. The highest BCUT2D eigenvalue weighted by Gasteiger charge is 2.33. The van der Waals surface area contributed by atoms with Gasteiger partial charge >= 0.3 is 0 Å². The molecule has 1 fully saturated rings. The number of rotatable bonds is 5. The van der Waals surface area contributed by atoms with Crippen LogP contribution in [0.15, 0.2) is 42.6 Å². The fourth-order valence-corrected chi connectivity index (χ4v) is 5.99. The zero-order chi connectivity index (χ0) is 28.3. The van der Waals surface area contributed by atoms with E-state index in [0.717, 1.165) is 17.3 Å². The van der Waals surface area contributed by atoms with Gasteiger partial charge in [0.1, 0.15) is 17.5 Å². The summed E-state index contributed by atoms with van der Waals surface area (Å²) in [5, 5.41) is 19.4. The molecule has 0 radical (unpaired) electrons. The van der Waals surface area contributed by atoms with Crippen molar-refractivity contribution in [3.63, 3.8) is 0 Å². The third-order valence-corrected chi connectivity index (χ3v) is 7.94. The Balaban J connectivity index is 1.74. The molecule has 1 aliphatic heterocycles. The lowest BCUT2D eigenvalue weighted by atomic mass is 9.86. The summed E-state index contributed by atoms with van der Waals surface area (Å²) < 4.78 is 54.7. The van der Waals surface area contributed by atoms with Crippen LogP contribution in [-0.2, 0) is 17.4 Å². The SMILES string of the molecule is Cc1nnn(C)c1-c1cnc2c3c(F)cc(C(C)(C)O)cc3n([C@H](c3ccc(F)cc3F)C3CCOCC3)c2c1. The lowest BCUT2D eigenvalue weighted by molar-refractivity contribution is 0.0548. The lowest BCUT2D eigenvalue weighted by Gasteiger charge is -2.33. The number of aromatic nitrogens is 5. The van der Waals surface area contributed by atoms with E-state index in [1.807, 2.05) is 17.6 Å². The van der Waals surface area contributed by atoms with Gasteiger partial charge in [-0.05, 0) is 69.4 Å². The number of benzene rings is 2. The summed E-state index contributed by atoms with van der Waals surface area (Å²) in [7, 11) is 1.78. The van der Waals surface area contributed by atoms with Crippen LogP contribution in [0.1, 0.15) is 49.6 Å². The van der Waals surface area contributed by atoms with Crippen LogP contribution in [0.4, 0.5) is 13.2 Å². The van der Waals surface area contributed by atoms with Crippen LogP contribution >= 0.6 is 0 Å². The maximum absolute atomic E-state index is 15.9. The summed E-state index contributed by atoms with van der Waals surface area (Å²) in [5.41, 5.74) is 2.97. The maximum Gasteiger partial charge on any atom is 0.135 e. The molecule has 0 saturated carbocycles. The molecule has 1 N–H and O–H groups in total. The van der Waals surface area contributed by atoms with E-state index in [0.29, 0.717) is 59.4 Å². The van der Waals surface area contributed by atoms with E-state index in [1.165, 1.54) is 18.2 Å². The molecule has 0 aliphatic carbocycles. The van der Waals surface area contributed by atoms with Crippen LogP contribution in [-0.4, -0.2) is 42.9 Å². The first-order valence-electron chi connectivity index (χ1n) is 13.3. The van der Waals surface area contributed by atoms with Gasteiger partial charge in [0.2, 0.25) is 0 Å². The van der Waals surface area contributed by atoms with Crippen molar-refractivity contribution in [2.45, 2.75) is 45.3 Å². The Bertz CT molecular complexity index is 1730. The highest BCUT2D eigenvalue weighted by Crippen LogP contribution is 2.43. The first kappa shape index (κ1) is 26.5. The molecular formula is C30H30F3N5O2. The second-order valence-electron chi connectivity index (χ2n) is 11.1. The van der Waals surface area contributed by atoms with Crippen molar-refractivity contribution < 1.29 is 23.0 Å². The van der Waals surface area contributed by atoms with Gasteiger partial charge in [-0.25, -0.2) is 17.9 Å². The monoisotopic (exact) mass is 549 g/mol. The number of aryl methyl sites for hydroxylation is 2. The topological polar surface area (TPSA) is 78.0 Å². The molecule has 0 spiro atoms. The largest absolute Gasteiger partial charge is 0.386 e. The quantitative estimate of drug-likeness (QED) is 0.293. The first-order valence-corrected chi connectivity index (χ1v) is 13.3. The van der Waals surface area contributed by atoms with Gasteiger partial charge in [0.15, 0.2) is 0 Å². The van der Waals surface area contributed by atoms with E-state index in [4.69, 9.17) is 9.72 Å². The summed E-state index contributed by atoms with van der Waals surface area (Å²) in [4.78, 5) is 4.71. The van der Waals surface area contributed by atoms with Crippen LogP contribution in [0, 0.1) is 30.3 Å². The summed E-state index contributed by atoms with van der Waals surface area (Å²) in [6.07, 6.45) is 2.92. The molecule has 7 nitrogen and oxygen atoms in total. The molecular weight excluding hydrogens is 519 g/mol. The predicted molar refractivity (Wildman–Crippen MR) is 145 cm³/mol. The fourth-order valence-electron chi connectivity index (χ4n) is 5.99. The van der Waals surface area contributed by atoms with Crippen molar-refractivity contribution in [2.24, 2.45) is 13.0 Å². The minimum absolute atomic E-state index is 0.0925. The van der Waals surface area contributed by atoms with E-state index >= 15 is 8.78 Å². The molecule has 2 aromatic carbocycles. The zero-order valence-corrected chi connectivity index (χ0v) is 22.8. The molecule has 5 aromatic rings. The number of aliphatic hydroxyl groups is 1. The second kappa shape index (κ2) is 9.71. The molecule has 10 heteroatoms.